The quantitative estimate of drug-likeness (QED) is 0.793. The highest BCUT2D eigenvalue weighted by molar-refractivity contribution is 9.10. The molecular formula is C15H18BrNO2. The number of nitrogens with zero attached hydrogens (tertiary/aromatic N) is 1. The van der Waals surface area contributed by atoms with Crippen LogP contribution in [0.15, 0.2) is 22.7 Å². The maximum absolute atomic E-state index is 6.29. The lowest BCUT2D eigenvalue weighted by Crippen LogP contribution is -2.56. The fourth-order valence-electron chi connectivity index (χ4n) is 3.41. The molecular weight excluding hydrogens is 306 g/mol. The van der Waals surface area contributed by atoms with Gasteiger partial charge >= 0.3 is 0 Å². The van der Waals surface area contributed by atoms with Crippen molar-refractivity contribution in [2.24, 2.45) is 0 Å². The summed E-state index contributed by atoms with van der Waals surface area (Å²) in [6, 6.07) is 7.03. The van der Waals surface area contributed by atoms with E-state index in [9.17, 15) is 0 Å². The first kappa shape index (κ1) is 12.2. The molecule has 0 radical (unpaired) electrons. The van der Waals surface area contributed by atoms with Gasteiger partial charge in [-0.25, -0.2) is 0 Å². The van der Waals surface area contributed by atoms with Gasteiger partial charge in [-0.2, -0.15) is 0 Å². The van der Waals surface area contributed by atoms with Crippen LogP contribution in [0.1, 0.15) is 18.4 Å². The van der Waals surface area contributed by atoms with Crippen LogP contribution in [0, 0.1) is 0 Å². The molecule has 19 heavy (non-hydrogen) atoms. The minimum absolute atomic E-state index is 0.0598. The SMILES string of the molecule is Brc1ccc2c(c1)CC1(CCN(C3COC3)CC1)O2. The summed E-state index contributed by atoms with van der Waals surface area (Å²) in [5.41, 5.74) is 1.42. The van der Waals surface area contributed by atoms with E-state index in [1.54, 1.807) is 0 Å². The average Bonchev–Trinajstić information content (AvgIpc) is 2.67. The lowest BCUT2D eigenvalue weighted by molar-refractivity contribution is -0.0897. The molecule has 3 aliphatic rings. The summed E-state index contributed by atoms with van der Waals surface area (Å²) in [5.74, 6) is 1.09. The fourth-order valence-corrected chi connectivity index (χ4v) is 3.82. The Bertz CT molecular complexity index is 493. The minimum Gasteiger partial charge on any atom is -0.487 e. The Morgan fingerprint density at radius 2 is 2.00 bits per heavy atom. The summed E-state index contributed by atoms with van der Waals surface area (Å²) in [5, 5.41) is 0. The van der Waals surface area contributed by atoms with Gasteiger partial charge in [-0.15, -0.1) is 0 Å². The zero-order chi connectivity index (χ0) is 12.9. The van der Waals surface area contributed by atoms with Gasteiger partial charge in [0.2, 0.25) is 0 Å². The van der Waals surface area contributed by atoms with Crippen molar-refractivity contribution in [3.63, 3.8) is 0 Å². The zero-order valence-corrected chi connectivity index (χ0v) is 12.5. The number of rotatable bonds is 1. The number of hydrogen-bond donors (Lipinski definition) is 0. The van der Waals surface area contributed by atoms with Crippen molar-refractivity contribution in [3.8, 4) is 5.75 Å². The molecule has 4 rings (SSSR count). The third-order valence-corrected chi connectivity index (χ3v) is 5.20. The van der Waals surface area contributed by atoms with Crippen molar-refractivity contribution in [1.82, 2.24) is 4.90 Å². The molecule has 0 N–H and O–H groups in total. The molecule has 2 fully saturated rings. The van der Waals surface area contributed by atoms with Crippen molar-refractivity contribution in [2.75, 3.05) is 26.3 Å². The highest BCUT2D eigenvalue weighted by atomic mass is 79.9. The van der Waals surface area contributed by atoms with Gasteiger partial charge in [-0.05, 0) is 23.8 Å². The first-order valence-corrected chi connectivity index (χ1v) is 7.83. The van der Waals surface area contributed by atoms with E-state index in [1.807, 2.05) is 0 Å². The number of hydrogen-bond acceptors (Lipinski definition) is 3. The van der Waals surface area contributed by atoms with Crippen molar-refractivity contribution in [2.45, 2.75) is 30.9 Å². The van der Waals surface area contributed by atoms with Crippen LogP contribution >= 0.6 is 15.9 Å². The molecule has 102 valence electrons. The van der Waals surface area contributed by atoms with E-state index < -0.39 is 0 Å². The van der Waals surface area contributed by atoms with E-state index in [0.29, 0.717) is 6.04 Å². The fraction of sp³-hybridized carbons (Fsp3) is 0.600. The summed E-state index contributed by atoms with van der Waals surface area (Å²) in [7, 11) is 0. The molecule has 0 unspecified atom stereocenters. The Labute approximate surface area is 122 Å². The number of likely N-dealkylation sites (tertiary alicyclic amines) is 1. The molecule has 0 saturated carbocycles. The van der Waals surface area contributed by atoms with Crippen molar-refractivity contribution >= 4 is 15.9 Å². The third-order valence-electron chi connectivity index (χ3n) is 4.71. The summed E-state index contributed by atoms with van der Waals surface area (Å²) in [4.78, 5) is 2.57. The van der Waals surface area contributed by atoms with Gasteiger partial charge in [0, 0.05) is 36.8 Å². The smallest absolute Gasteiger partial charge is 0.123 e. The topological polar surface area (TPSA) is 21.7 Å². The third kappa shape index (κ3) is 2.10. The van der Waals surface area contributed by atoms with Crippen LogP contribution in [0.5, 0.6) is 5.75 Å². The normalized spacial score (nSPS) is 25.9. The Hall–Kier alpha value is -0.580. The Morgan fingerprint density at radius 1 is 1.21 bits per heavy atom. The van der Waals surface area contributed by atoms with Gasteiger partial charge in [0.25, 0.3) is 0 Å². The summed E-state index contributed by atoms with van der Waals surface area (Å²) in [6.07, 6.45) is 3.34. The maximum Gasteiger partial charge on any atom is 0.123 e. The van der Waals surface area contributed by atoms with Crippen LogP contribution in [-0.4, -0.2) is 42.8 Å². The van der Waals surface area contributed by atoms with Crippen molar-refractivity contribution in [1.29, 1.82) is 0 Å². The van der Waals surface area contributed by atoms with Gasteiger partial charge in [0.1, 0.15) is 11.4 Å². The van der Waals surface area contributed by atoms with Crippen LogP contribution in [0.4, 0.5) is 0 Å². The Balaban J connectivity index is 1.47. The van der Waals surface area contributed by atoms with Gasteiger partial charge in [-0.3, -0.25) is 4.90 Å². The first-order chi connectivity index (χ1) is 9.24. The van der Waals surface area contributed by atoms with Crippen LogP contribution in [0.2, 0.25) is 0 Å². The molecule has 0 aromatic heterocycles. The molecule has 0 bridgehead atoms. The predicted octanol–water partition coefficient (Wildman–Crippen LogP) is 2.62. The molecule has 4 heteroatoms. The number of halogens is 1. The number of piperidine rings is 1. The molecule has 1 aromatic rings. The van der Waals surface area contributed by atoms with Crippen LogP contribution in [-0.2, 0) is 11.2 Å². The Morgan fingerprint density at radius 3 is 2.68 bits per heavy atom. The maximum atomic E-state index is 6.29. The van der Waals surface area contributed by atoms with E-state index >= 15 is 0 Å². The molecule has 3 nitrogen and oxygen atoms in total. The standard InChI is InChI=1S/C15H18BrNO2/c16-12-1-2-14-11(7-12)8-15(19-14)3-5-17(6-4-15)13-9-18-10-13/h1-2,7,13H,3-6,8-10H2. The largest absolute Gasteiger partial charge is 0.487 e. The monoisotopic (exact) mass is 323 g/mol. The predicted molar refractivity (Wildman–Crippen MR) is 76.6 cm³/mol. The molecule has 3 aliphatic heterocycles. The average molecular weight is 324 g/mol. The van der Waals surface area contributed by atoms with Crippen LogP contribution in [0.3, 0.4) is 0 Å². The molecule has 1 aromatic carbocycles. The molecule has 0 amide bonds. The first-order valence-electron chi connectivity index (χ1n) is 7.03. The van der Waals surface area contributed by atoms with E-state index in [0.717, 1.165) is 55.8 Å². The van der Waals surface area contributed by atoms with Gasteiger partial charge in [0.15, 0.2) is 0 Å². The van der Waals surface area contributed by atoms with Gasteiger partial charge < -0.3 is 9.47 Å². The molecule has 0 atom stereocenters. The summed E-state index contributed by atoms with van der Waals surface area (Å²) in [6.45, 7) is 4.12. The van der Waals surface area contributed by atoms with Gasteiger partial charge in [0.05, 0.1) is 19.3 Å². The van der Waals surface area contributed by atoms with E-state index in [-0.39, 0.29) is 5.60 Å². The molecule has 1 spiro atoms. The molecule has 0 aliphatic carbocycles. The van der Waals surface area contributed by atoms with Gasteiger partial charge in [-0.1, -0.05) is 15.9 Å². The summed E-state index contributed by atoms with van der Waals surface area (Å²) >= 11 is 3.55. The van der Waals surface area contributed by atoms with E-state index in [2.05, 4.69) is 39.0 Å². The highest BCUT2D eigenvalue weighted by Gasteiger charge is 2.43. The lowest BCUT2D eigenvalue weighted by atomic mass is 9.86. The van der Waals surface area contributed by atoms with E-state index in [1.165, 1.54) is 5.56 Å². The number of benzene rings is 1. The second kappa shape index (κ2) is 4.47. The minimum atomic E-state index is 0.0598. The molecule has 2 saturated heterocycles. The van der Waals surface area contributed by atoms with E-state index in [4.69, 9.17) is 9.47 Å². The molecule has 3 heterocycles. The Kier molecular flexibility index (Phi) is 2.87. The second-order valence-corrected chi connectivity index (χ2v) is 6.86. The lowest BCUT2D eigenvalue weighted by Gasteiger charge is -2.44. The number of ether oxygens (including phenoxy) is 2. The second-order valence-electron chi connectivity index (χ2n) is 5.94. The highest BCUT2D eigenvalue weighted by Crippen LogP contribution is 2.42. The van der Waals surface area contributed by atoms with Crippen molar-refractivity contribution in [3.05, 3.63) is 28.2 Å². The van der Waals surface area contributed by atoms with Crippen LogP contribution in [0.25, 0.3) is 0 Å². The van der Waals surface area contributed by atoms with Crippen LogP contribution < -0.4 is 4.74 Å². The number of fused-ring (bicyclic) bond motifs is 1. The van der Waals surface area contributed by atoms with Crippen molar-refractivity contribution < 1.29 is 9.47 Å². The summed E-state index contributed by atoms with van der Waals surface area (Å²) < 4.78 is 12.7. The zero-order valence-electron chi connectivity index (χ0n) is 10.9.